The van der Waals surface area contributed by atoms with E-state index in [1.165, 1.54) is 12.3 Å². The molecule has 1 aromatic heterocycles. The minimum absolute atomic E-state index is 0.0636. The van der Waals surface area contributed by atoms with Gasteiger partial charge in [-0.2, -0.15) is 0 Å². The molecule has 1 N–H and O–H groups in total. The number of hydrogen-bond donors (Lipinski definition) is 1. The van der Waals surface area contributed by atoms with Crippen LogP contribution in [0.3, 0.4) is 0 Å². The van der Waals surface area contributed by atoms with Crippen LogP contribution in [0.2, 0.25) is 0 Å². The Morgan fingerprint density at radius 3 is 2.42 bits per heavy atom. The standard InChI is InChI=1S/C20H23F2N3O/c1-14(16-6-9-18(20(21)22)23-13-16)24-17-7-4-15(5-8-17)12-19(26)25-10-2-3-11-25/h4-9,13-14,20,24H,2-3,10-12H2,1H3. The van der Waals surface area contributed by atoms with Crippen molar-refractivity contribution in [3.05, 3.63) is 59.4 Å². The Morgan fingerprint density at radius 1 is 1.15 bits per heavy atom. The highest BCUT2D eigenvalue weighted by atomic mass is 19.3. The van der Waals surface area contributed by atoms with Gasteiger partial charge in [-0.15, -0.1) is 0 Å². The predicted molar refractivity (Wildman–Crippen MR) is 97.2 cm³/mol. The highest BCUT2D eigenvalue weighted by molar-refractivity contribution is 5.79. The number of nitrogens with zero attached hydrogens (tertiary/aromatic N) is 2. The van der Waals surface area contributed by atoms with Gasteiger partial charge in [0, 0.05) is 25.0 Å². The maximum absolute atomic E-state index is 12.6. The lowest BCUT2D eigenvalue weighted by atomic mass is 10.1. The number of carbonyl (C=O) groups is 1. The van der Waals surface area contributed by atoms with Gasteiger partial charge in [0.2, 0.25) is 5.91 Å². The number of hydrogen-bond acceptors (Lipinski definition) is 3. The van der Waals surface area contributed by atoms with Crippen molar-refractivity contribution in [2.24, 2.45) is 0 Å². The van der Waals surface area contributed by atoms with E-state index in [9.17, 15) is 13.6 Å². The summed E-state index contributed by atoms with van der Waals surface area (Å²) >= 11 is 0. The van der Waals surface area contributed by atoms with Crippen LogP contribution in [-0.2, 0) is 11.2 Å². The summed E-state index contributed by atoms with van der Waals surface area (Å²) in [6.45, 7) is 3.69. The normalized spacial score (nSPS) is 15.3. The number of amides is 1. The van der Waals surface area contributed by atoms with Gasteiger partial charge in [-0.25, -0.2) is 8.78 Å². The van der Waals surface area contributed by atoms with Gasteiger partial charge in [0.25, 0.3) is 6.43 Å². The fourth-order valence-corrected chi connectivity index (χ4v) is 3.11. The molecular formula is C20H23F2N3O. The highest BCUT2D eigenvalue weighted by Gasteiger charge is 2.18. The van der Waals surface area contributed by atoms with Crippen LogP contribution in [0, 0.1) is 0 Å². The van der Waals surface area contributed by atoms with E-state index >= 15 is 0 Å². The van der Waals surface area contributed by atoms with Crippen LogP contribution < -0.4 is 5.32 Å². The Balaban J connectivity index is 1.57. The van der Waals surface area contributed by atoms with Gasteiger partial charge in [-0.05, 0) is 49.1 Å². The molecule has 1 aromatic carbocycles. The van der Waals surface area contributed by atoms with Crippen molar-refractivity contribution in [1.82, 2.24) is 9.88 Å². The van der Waals surface area contributed by atoms with Crippen molar-refractivity contribution in [2.75, 3.05) is 18.4 Å². The average molecular weight is 359 g/mol. The largest absolute Gasteiger partial charge is 0.378 e. The number of anilines is 1. The highest BCUT2D eigenvalue weighted by Crippen LogP contribution is 2.22. The molecule has 1 fully saturated rings. The Morgan fingerprint density at radius 2 is 1.85 bits per heavy atom. The van der Waals surface area contributed by atoms with Crippen molar-refractivity contribution < 1.29 is 13.6 Å². The number of pyridine rings is 1. The first-order chi connectivity index (χ1) is 12.5. The molecule has 1 aliphatic rings. The van der Waals surface area contributed by atoms with Gasteiger partial charge in [-0.3, -0.25) is 9.78 Å². The van der Waals surface area contributed by atoms with Gasteiger partial charge in [0.1, 0.15) is 5.69 Å². The molecule has 2 heterocycles. The van der Waals surface area contributed by atoms with E-state index in [2.05, 4.69) is 10.3 Å². The molecule has 1 saturated heterocycles. The lowest BCUT2D eigenvalue weighted by Gasteiger charge is -2.17. The predicted octanol–water partition coefficient (Wildman–Crippen LogP) is 4.36. The number of benzene rings is 1. The molecule has 6 heteroatoms. The molecule has 4 nitrogen and oxygen atoms in total. The van der Waals surface area contributed by atoms with E-state index in [0.717, 1.165) is 42.7 Å². The molecule has 0 bridgehead atoms. The van der Waals surface area contributed by atoms with Crippen molar-refractivity contribution >= 4 is 11.6 Å². The molecule has 0 spiro atoms. The molecule has 0 aliphatic carbocycles. The van der Waals surface area contributed by atoms with Crippen LogP contribution in [0.1, 0.15) is 49.1 Å². The monoisotopic (exact) mass is 359 g/mol. The molecule has 1 atom stereocenters. The summed E-state index contributed by atoms with van der Waals surface area (Å²) in [7, 11) is 0. The van der Waals surface area contributed by atoms with E-state index in [1.807, 2.05) is 36.1 Å². The smallest absolute Gasteiger partial charge is 0.280 e. The van der Waals surface area contributed by atoms with Crippen LogP contribution >= 0.6 is 0 Å². The zero-order chi connectivity index (χ0) is 18.5. The molecule has 0 radical (unpaired) electrons. The number of carbonyl (C=O) groups excluding carboxylic acids is 1. The summed E-state index contributed by atoms with van der Waals surface area (Å²) in [6.07, 6.45) is 1.54. The quantitative estimate of drug-likeness (QED) is 0.834. The SMILES string of the molecule is CC(Nc1ccc(CC(=O)N2CCCC2)cc1)c1ccc(C(F)F)nc1. The zero-order valence-corrected chi connectivity index (χ0v) is 14.8. The second-order valence-electron chi connectivity index (χ2n) is 6.64. The van der Waals surface area contributed by atoms with Crippen molar-refractivity contribution in [1.29, 1.82) is 0 Å². The van der Waals surface area contributed by atoms with Gasteiger partial charge in [0.15, 0.2) is 0 Å². The third kappa shape index (κ3) is 4.56. The number of rotatable bonds is 6. The van der Waals surface area contributed by atoms with Gasteiger partial charge in [0.05, 0.1) is 12.5 Å². The molecule has 138 valence electrons. The first-order valence-corrected chi connectivity index (χ1v) is 8.90. The summed E-state index contributed by atoms with van der Waals surface area (Å²) in [5.74, 6) is 0.182. The van der Waals surface area contributed by atoms with E-state index in [0.29, 0.717) is 6.42 Å². The number of alkyl halides is 2. The minimum atomic E-state index is -2.55. The molecule has 3 rings (SSSR count). The van der Waals surface area contributed by atoms with E-state index in [4.69, 9.17) is 0 Å². The third-order valence-electron chi connectivity index (χ3n) is 4.68. The van der Waals surface area contributed by atoms with Crippen molar-refractivity contribution in [3.63, 3.8) is 0 Å². The summed E-state index contributed by atoms with van der Waals surface area (Å²) in [4.78, 5) is 17.9. The second kappa shape index (κ2) is 8.25. The average Bonchev–Trinajstić information content (AvgIpc) is 3.18. The molecule has 2 aromatic rings. The summed E-state index contributed by atoms with van der Waals surface area (Å²) < 4.78 is 25.1. The van der Waals surface area contributed by atoms with Gasteiger partial charge < -0.3 is 10.2 Å². The Kier molecular flexibility index (Phi) is 5.81. The Hall–Kier alpha value is -2.50. The van der Waals surface area contributed by atoms with Crippen LogP contribution in [-0.4, -0.2) is 28.9 Å². The van der Waals surface area contributed by atoms with Gasteiger partial charge >= 0.3 is 0 Å². The number of likely N-dealkylation sites (tertiary alicyclic amines) is 1. The molecule has 1 unspecified atom stereocenters. The maximum Gasteiger partial charge on any atom is 0.280 e. The summed E-state index contributed by atoms with van der Waals surface area (Å²) in [5.41, 5.74) is 2.52. The lowest BCUT2D eigenvalue weighted by molar-refractivity contribution is -0.129. The van der Waals surface area contributed by atoms with E-state index in [1.54, 1.807) is 6.07 Å². The van der Waals surface area contributed by atoms with Crippen molar-refractivity contribution in [2.45, 2.75) is 38.7 Å². The van der Waals surface area contributed by atoms with E-state index in [-0.39, 0.29) is 17.6 Å². The molecule has 1 aliphatic heterocycles. The minimum Gasteiger partial charge on any atom is -0.378 e. The Labute approximate surface area is 152 Å². The second-order valence-corrected chi connectivity index (χ2v) is 6.64. The first-order valence-electron chi connectivity index (χ1n) is 8.90. The van der Waals surface area contributed by atoms with E-state index < -0.39 is 6.43 Å². The number of halogens is 2. The topological polar surface area (TPSA) is 45.2 Å². The zero-order valence-electron chi connectivity index (χ0n) is 14.8. The lowest BCUT2D eigenvalue weighted by Crippen LogP contribution is -2.29. The summed E-state index contributed by atoms with van der Waals surface area (Å²) in [6, 6.07) is 10.7. The van der Waals surface area contributed by atoms with Crippen LogP contribution in [0.5, 0.6) is 0 Å². The van der Waals surface area contributed by atoms with Crippen LogP contribution in [0.25, 0.3) is 0 Å². The first kappa shape index (κ1) is 18.3. The van der Waals surface area contributed by atoms with Crippen LogP contribution in [0.15, 0.2) is 42.6 Å². The third-order valence-corrected chi connectivity index (χ3v) is 4.68. The summed E-state index contributed by atoms with van der Waals surface area (Å²) in [5, 5.41) is 3.32. The Bertz CT molecular complexity index is 726. The maximum atomic E-state index is 12.6. The number of nitrogens with one attached hydrogen (secondary N) is 1. The molecule has 1 amide bonds. The number of aromatic nitrogens is 1. The molecule has 0 saturated carbocycles. The van der Waals surface area contributed by atoms with Crippen molar-refractivity contribution in [3.8, 4) is 0 Å². The fraction of sp³-hybridized carbons (Fsp3) is 0.400. The molecular weight excluding hydrogens is 336 g/mol. The fourth-order valence-electron chi connectivity index (χ4n) is 3.11. The van der Waals surface area contributed by atoms with Crippen LogP contribution in [0.4, 0.5) is 14.5 Å². The van der Waals surface area contributed by atoms with Gasteiger partial charge in [-0.1, -0.05) is 18.2 Å². The molecule has 26 heavy (non-hydrogen) atoms.